The number of fused-ring (bicyclic) bond motifs is 1. The number of carbonyl (C=O) groups excluding carboxylic acids is 1. The summed E-state index contributed by atoms with van der Waals surface area (Å²) in [5, 5.41) is 3.42. The Morgan fingerprint density at radius 2 is 2.08 bits per heavy atom. The molecule has 1 aromatic carbocycles. The largest absolute Gasteiger partial charge is 0.455 e. The Morgan fingerprint density at radius 1 is 1.24 bits per heavy atom. The lowest BCUT2D eigenvalue weighted by Gasteiger charge is -2.09. The van der Waals surface area contributed by atoms with Crippen LogP contribution in [0.4, 0.5) is 0 Å². The van der Waals surface area contributed by atoms with Crippen molar-refractivity contribution in [2.75, 3.05) is 27.2 Å². The molecule has 6 nitrogen and oxygen atoms in total. The van der Waals surface area contributed by atoms with Crippen molar-refractivity contribution in [3.63, 3.8) is 0 Å². The number of furan rings is 1. The highest BCUT2D eigenvalue weighted by molar-refractivity contribution is 7.98. The van der Waals surface area contributed by atoms with Crippen LogP contribution in [0.1, 0.15) is 21.9 Å². The molecule has 0 fully saturated rings. The summed E-state index contributed by atoms with van der Waals surface area (Å²) < 4.78 is 11.3. The first kappa shape index (κ1) is 17.6. The quantitative estimate of drug-likeness (QED) is 0.653. The van der Waals surface area contributed by atoms with Crippen LogP contribution in [0, 0.1) is 6.92 Å². The Kier molecular flexibility index (Phi) is 5.45. The maximum Gasteiger partial charge on any atom is 0.287 e. The molecule has 2 aromatic heterocycles. The molecule has 0 saturated carbocycles. The summed E-state index contributed by atoms with van der Waals surface area (Å²) in [4.78, 5) is 18.5. The lowest BCUT2D eigenvalue weighted by Crippen LogP contribution is -2.31. The van der Waals surface area contributed by atoms with E-state index in [0.29, 0.717) is 29.0 Å². The number of nitrogens with zero attached hydrogens (tertiary/aromatic N) is 2. The van der Waals surface area contributed by atoms with Gasteiger partial charge in [0.2, 0.25) is 0 Å². The van der Waals surface area contributed by atoms with Crippen LogP contribution in [0.5, 0.6) is 0 Å². The monoisotopic (exact) mass is 359 g/mol. The van der Waals surface area contributed by atoms with Gasteiger partial charge in [0.05, 0.1) is 5.75 Å². The molecule has 25 heavy (non-hydrogen) atoms. The molecule has 0 aliphatic rings. The molecule has 0 aliphatic carbocycles. The topological polar surface area (TPSA) is 71.5 Å². The third-order valence-corrected chi connectivity index (χ3v) is 4.44. The number of likely N-dealkylation sites (N-methyl/N-ethyl adjacent to an activating group) is 1. The van der Waals surface area contributed by atoms with Crippen molar-refractivity contribution in [2.24, 2.45) is 0 Å². The minimum absolute atomic E-state index is 0.199. The summed E-state index contributed by atoms with van der Waals surface area (Å²) in [5.74, 6) is 1.38. The van der Waals surface area contributed by atoms with E-state index in [4.69, 9.17) is 8.83 Å². The molecule has 0 radical (unpaired) electrons. The van der Waals surface area contributed by atoms with Gasteiger partial charge in [-0.1, -0.05) is 17.8 Å². The molecule has 3 aromatic rings. The van der Waals surface area contributed by atoms with Gasteiger partial charge < -0.3 is 19.1 Å². The maximum absolute atomic E-state index is 12.0. The second kappa shape index (κ2) is 7.76. The van der Waals surface area contributed by atoms with E-state index in [-0.39, 0.29) is 5.91 Å². The molecule has 0 aliphatic heterocycles. The van der Waals surface area contributed by atoms with Gasteiger partial charge in [-0.3, -0.25) is 4.79 Å². The number of thioether (sulfide) groups is 1. The first-order valence-electron chi connectivity index (χ1n) is 8.03. The average molecular weight is 359 g/mol. The number of amides is 1. The van der Waals surface area contributed by atoms with Crippen molar-refractivity contribution < 1.29 is 13.6 Å². The molecule has 0 unspecified atom stereocenters. The minimum atomic E-state index is -0.199. The van der Waals surface area contributed by atoms with Crippen LogP contribution < -0.4 is 5.32 Å². The minimum Gasteiger partial charge on any atom is -0.455 e. The predicted octanol–water partition coefficient (Wildman–Crippen LogP) is 3.31. The third-order valence-electron chi connectivity index (χ3n) is 3.59. The van der Waals surface area contributed by atoms with Crippen LogP contribution in [0.25, 0.3) is 11.1 Å². The Labute approximate surface area is 150 Å². The zero-order valence-electron chi connectivity index (χ0n) is 14.5. The van der Waals surface area contributed by atoms with Crippen LogP contribution >= 0.6 is 11.8 Å². The molecule has 132 valence electrons. The van der Waals surface area contributed by atoms with Gasteiger partial charge in [0.1, 0.15) is 11.3 Å². The lowest BCUT2D eigenvalue weighted by atomic mass is 10.2. The number of aromatic nitrogens is 1. The molecule has 1 N–H and O–H groups in total. The van der Waals surface area contributed by atoms with Gasteiger partial charge in [-0.15, -0.1) is 0 Å². The van der Waals surface area contributed by atoms with Gasteiger partial charge in [0.15, 0.2) is 11.3 Å². The fourth-order valence-electron chi connectivity index (χ4n) is 2.27. The number of nitrogens with one attached hydrogen (secondary N) is 1. The first-order valence-corrected chi connectivity index (χ1v) is 9.01. The highest BCUT2D eigenvalue weighted by atomic mass is 32.2. The summed E-state index contributed by atoms with van der Waals surface area (Å²) >= 11 is 1.44. The standard InChI is InChI=1S/C18H21N3O3S/c1-12-4-6-15-14(10-12)20-18(24-15)25-11-13-5-7-16(23-13)17(22)19-8-9-21(2)3/h4-7,10H,8-9,11H2,1-3H3,(H,19,22). The third kappa shape index (κ3) is 4.64. The Bertz CT molecular complexity index is 869. The van der Waals surface area contributed by atoms with E-state index >= 15 is 0 Å². The smallest absolute Gasteiger partial charge is 0.287 e. The van der Waals surface area contributed by atoms with E-state index in [1.807, 2.05) is 44.1 Å². The highest BCUT2D eigenvalue weighted by Gasteiger charge is 2.12. The first-order chi connectivity index (χ1) is 12.0. The molecule has 0 bridgehead atoms. The summed E-state index contributed by atoms with van der Waals surface area (Å²) in [6, 6.07) is 9.41. The van der Waals surface area contributed by atoms with Crippen LogP contribution in [0.2, 0.25) is 0 Å². The molecule has 0 spiro atoms. The van der Waals surface area contributed by atoms with Gasteiger partial charge in [0, 0.05) is 13.1 Å². The van der Waals surface area contributed by atoms with Gasteiger partial charge in [-0.05, 0) is 50.8 Å². The molecule has 0 saturated heterocycles. The van der Waals surface area contributed by atoms with E-state index in [1.165, 1.54) is 11.8 Å². The second-order valence-electron chi connectivity index (χ2n) is 6.06. The molecule has 7 heteroatoms. The second-order valence-corrected chi connectivity index (χ2v) is 6.99. The Morgan fingerprint density at radius 3 is 2.88 bits per heavy atom. The zero-order valence-corrected chi connectivity index (χ0v) is 15.4. The summed E-state index contributed by atoms with van der Waals surface area (Å²) in [5.41, 5.74) is 2.77. The normalized spacial score (nSPS) is 11.4. The van der Waals surface area contributed by atoms with E-state index in [9.17, 15) is 4.79 Å². The van der Waals surface area contributed by atoms with E-state index < -0.39 is 0 Å². The number of hydrogen-bond acceptors (Lipinski definition) is 6. The van der Waals surface area contributed by atoms with Crippen molar-refractivity contribution in [3.05, 3.63) is 47.4 Å². The SMILES string of the molecule is Cc1ccc2oc(SCc3ccc(C(=O)NCCN(C)C)o3)nc2c1. The van der Waals surface area contributed by atoms with Crippen LogP contribution in [-0.4, -0.2) is 43.0 Å². The van der Waals surface area contributed by atoms with Crippen molar-refractivity contribution in [1.82, 2.24) is 15.2 Å². The van der Waals surface area contributed by atoms with E-state index in [0.717, 1.165) is 23.2 Å². The molecule has 3 rings (SSSR count). The fourth-order valence-corrected chi connectivity index (χ4v) is 3.00. The molecular formula is C18H21N3O3S. The van der Waals surface area contributed by atoms with E-state index in [1.54, 1.807) is 12.1 Å². The van der Waals surface area contributed by atoms with Gasteiger partial charge in [0.25, 0.3) is 11.1 Å². The highest BCUT2D eigenvalue weighted by Crippen LogP contribution is 2.27. The lowest BCUT2D eigenvalue weighted by molar-refractivity contribution is 0.0922. The van der Waals surface area contributed by atoms with E-state index in [2.05, 4.69) is 10.3 Å². The summed E-state index contributed by atoms with van der Waals surface area (Å²) in [6.07, 6.45) is 0. The number of carbonyl (C=O) groups is 1. The number of hydrogen-bond donors (Lipinski definition) is 1. The molecule has 0 atom stereocenters. The van der Waals surface area contributed by atoms with Gasteiger partial charge in [-0.25, -0.2) is 4.98 Å². The number of benzene rings is 1. The zero-order chi connectivity index (χ0) is 17.8. The maximum atomic E-state index is 12.0. The molecule has 2 heterocycles. The number of oxazole rings is 1. The Hall–Kier alpha value is -2.25. The number of aryl methyl sites for hydroxylation is 1. The van der Waals surface area contributed by atoms with Crippen LogP contribution in [0.15, 0.2) is 44.4 Å². The predicted molar refractivity (Wildman–Crippen MR) is 97.9 cm³/mol. The van der Waals surface area contributed by atoms with Crippen LogP contribution in [0.3, 0.4) is 0 Å². The summed E-state index contributed by atoms with van der Waals surface area (Å²) in [7, 11) is 3.92. The van der Waals surface area contributed by atoms with Crippen molar-refractivity contribution in [1.29, 1.82) is 0 Å². The average Bonchev–Trinajstić information content (AvgIpc) is 3.18. The fraction of sp³-hybridized carbons (Fsp3) is 0.333. The molecule has 1 amide bonds. The van der Waals surface area contributed by atoms with Crippen molar-refractivity contribution in [2.45, 2.75) is 17.9 Å². The van der Waals surface area contributed by atoms with Crippen molar-refractivity contribution >= 4 is 28.8 Å². The van der Waals surface area contributed by atoms with Crippen LogP contribution in [-0.2, 0) is 5.75 Å². The van der Waals surface area contributed by atoms with Crippen molar-refractivity contribution in [3.8, 4) is 0 Å². The Balaban J connectivity index is 1.56. The van der Waals surface area contributed by atoms with Gasteiger partial charge >= 0.3 is 0 Å². The number of rotatable bonds is 7. The summed E-state index contributed by atoms with van der Waals surface area (Å²) in [6.45, 7) is 3.39. The van der Waals surface area contributed by atoms with Gasteiger partial charge in [-0.2, -0.15) is 0 Å². The molecular weight excluding hydrogens is 338 g/mol.